The Morgan fingerprint density at radius 2 is 1.85 bits per heavy atom. The van der Waals surface area contributed by atoms with E-state index in [2.05, 4.69) is 15.3 Å². The molecule has 0 bridgehead atoms. The van der Waals surface area contributed by atoms with Crippen LogP contribution in [0.5, 0.6) is 5.75 Å². The van der Waals surface area contributed by atoms with E-state index >= 15 is 0 Å². The highest BCUT2D eigenvalue weighted by molar-refractivity contribution is 6.02. The highest BCUT2D eigenvalue weighted by Crippen LogP contribution is 2.24. The van der Waals surface area contributed by atoms with Gasteiger partial charge in [-0.25, -0.2) is 4.68 Å². The number of nitrogens with one attached hydrogen (secondary N) is 1. The first kappa shape index (κ1) is 23.5. The van der Waals surface area contributed by atoms with Crippen LogP contribution >= 0.6 is 0 Å². The van der Waals surface area contributed by atoms with Crippen molar-refractivity contribution in [3.05, 3.63) is 71.5 Å². The summed E-state index contributed by atoms with van der Waals surface area (Å²) in [5, 5.41) is 7.34. The molecule has 4 rings (SSSR count). The molecule has 8 heteroatoms. The molecule has 178 valence electrons. The van der Waals surface area contributed by atoms with E-state index in [1.807, 2.05) is 49.4 Å². The number of hydrogen-bond acceptors (Lipinski definition) is 5. The number of nitrogens with two attached hydrogens (primary N) is 1. The second-order valence-corrected chi connectivity index (χ2v) is 8.74. The molecule has 1 saturated heterocycles. The third-order valence-corrected chi connectivity index (χ3v) is 6.32. The van der Waals surface area contributed by atoms with Crippen LogP contribution in [0, 0.1) is 12.8 Å². The number of piperidine rings is 1. The maximum Gasteiger partial charge on any atom is 0.276 e. The quantitative estimate of drug-likeness (QED) is 0.536. The van der Waals surface area contributed by atoms with Crippen molar-refractivity contribution in [2.24, 2.45) is 11.7 Å². The fraction of sp³-hybridized carbons (Fsp3) is 0.346. The number of amides is 2. The predicted molar refractivity (Wildman–Crippen MR) is 131 cm³/mol. The number of carbonyl (C=O) groups excluding carboxylic acids is 2. The van der Waals surface area contributed by atoms with E-state index in [0.717, 1.165) is 55.8 Å². The van der Waals surface area contributed by atoms with Gasteiger partial charge in [0.15, 0.2) is 5.69 Å². The van der Waals surface area contributed by atoms with Crippen LogP contribution in [-0.4, -0.2) is 53.2 Å². The molecule has 0 atom stereocenters. The number of hydrogen-bond donors (Lipinski definition) is 2. The van der Waals surface area contributed by atoms with Gasteiger partial charge in [0.1, 0.15) is 11.4 Å². The number of carbonyl (C=O) groups is 2. The molecule has 1 aliphatic heterocycles. The van der Waals surface area contributed by atoms with Crippen LogP contribution in [0.3, 0.4) is 0 Å². The first-order valence-corrected chi connectivity index (χ1v) is 11.6. The van der Waals surface area contributed by atoms with Crippen LogP contribution < -0.4 is 15.8 Å². The lowest BCUT2D eigenvalue weighted by molar-refractivity contribution is -0.123. The lowest BCUT2D eigenvalue weighted by Crippen LogP contribution is -2.39. The molecular weight excluding hydrogens is 430 g/mol. The Morgan fingerprint density at radius 1 is 1.12 bits per heavy atom. The molecule has 8 nitrogen and oxygen atoms in total. The van der Waals surface area contributed by atoms with Gasteiger partial charge in [0.25, 0.3) is 5.91 Å². The normalized spacial score (nSPS) is 14.6. The largest absolute Gasteiger partial charge is 0.494 e. The van der Waals surface area contributed by atoms with Gasteiger partial charge in [-0.05, 0) is 80.7 Å². The van der Waals surface area contributed by atoms with E-state index in [4.69, 9.17) is 10.5 Å². The number of ether oxygens (including phenoxy) is 1. The zero-order valence-electron chi connectivity index (χ0n) is 19.7. The molecule has 2 aromatic carbocycles. The molecule has 1 fully saturated rings. The minimum Gasteiger partial charge on any atom is -0.494 e. The monoisotopic (exact) mass is 461 g/mol. The molecule has 34 heavy (non-hydrogen) atoms. The standard InChI is InChI=1S/C26H31N5O3/c1-18-3-8-24(34-2)23(17-18)31-16-12-22(29-31)26(33)28-21-6-4-19(5-7-21)9-13-30-14-10-20(11-15-30)25(27)32/h3-8,12,16-17,20H,9-11,13-15H2,1-2H3,(H2,27,32)(H,28,33). The lowest BCUT2D eigenvalue weighted by atomic mass is 9.96. The fourth-order valence-corrected chi connectivity index (χ4v) is 4.24. The minimum absolute atomic E-state index is 0.0179. The molecule has 0 spiro atoms. The summed E-state index contributed by atoms with van der Waals surface area (Å²) in [6.45, 7) is 4.75. The summed E-state index contributed by atoms with van der Waals surface area (Å²) in [5.74, 6) is 0.257. The topological polar surface area (TPSA) is 102 Å². The number of likely N-dealkylation sites (tertiary alicyclic amines) is 1. The molecule has 0 unspecified atom stereocenters. The smallest absolute Gasteiger partial charge is 0.276 e. The molecule has 0 radical (unpaired) electrons. The molecule has 0 aliphatic carbocycles. The van der Waals surface area contributed by atoms with Crippen LogP contribution in [0.25, 0.3) is 5.69 Å². The van der Waals surface area contributed by atoms with E-state index in [0.29, 0.717) is 11.4 Å². The Morgan fingerprint density at radius 3 is 2.53 bits per heavy atom. The van der Waals surface area contributed by atoms with Crippen molar-refractivity contribution >= 4 is 17.5 Å². The molecular formula is C26H31N5O3. The molecule has 2 heterocycles. The zero-order valence-corrected chi connectivity index (χ0v) is 19.7. The number of benzene rings is 2. The number of methoxy groups -OCH3 is 1. The maximum absolute atomic E-state index is 12.7. The van der Waals surface area contributed by atoms with Gasteiger partial charge in [-0.2, -0.15) is 5.10 Å². The highest BCUT2D eigenvalue weighted by atomic mass is 16.5. The fourth-order valence-electron chi connectivity index (χ4n) is 4.24. The van der Waals surface area contributed by atoms with E-state index in [9.17, 15) is 9.59 Å². The van der Waals surface area contributed by atoms with Gasteiger partial charge < -0.3 is 20.7 Å². The number of anilines is 1. The Hall–Kier alpha value is -3.65. The maximum atomic E-state index is 12.7. The van der Waals surface area contributed by atoms with Crippen molar-refractivity contribution in [3.63, 3.8) is 0 Å². The van der Waals surface area contributed by atoms with E-state index in [1.54, 1.807) is 24.1 Å². The van der Waals surface area contributed by atoms with Crippen molar-refractivity contribution in [3.8, 4) is 11.4 Å². The van der Waals surface area contributed by atoms with Crippen LogP contribution in [0.15, 0.2) is 54.7 Å². The van der Waals surface area contributed by atoms with Crippen LogP contribution in [0.2, 0.25) is 0 Å². The minimum atomic E-state index is -0.268. The van der Waals surface area contributed by atoms with E-state index < -0.39 is 0 Å². The first-order valence-electron chi connectivity index (χ1n) is 11.6. The summed E-state index contributed by atoms with van der Waals surface area (Å²) in [7, 11) is 1.61. The van der Waals surface area contributed by atoms with Crippen molar-refractivity contribution in [1.29, 1.82) is 0 Å². The zero-order chi connectivity index (χ0) is 24.1. The Balaban J connectivity index is 1.31. The molecule has 3 N–H and O–H groups in total. The Bertz CT molecular complexity index is 1150. The van der Waals surface area contributed by atoms with E-state index in [-0.39, 0.29) is 17.7 Å². The number of aryl methyl sites for hydroxylation is 1. The van der Waals surface area contributed by atoms with Crippen LogP contribution in [0.4, 0.5) is 5.69 Å². The van der Waals surface area contributed by atoms with Gasteiger partial charge in [-0.1, -0.05) is 18.2 Å². The predicted octanol–water partition coefficient (Wildman–Crippen LogP) is 3.18. The SMILES string of the molecule is COc1ccc(C)cc1-n1ccc(C(=O)Nc2ccc(CCN3CCC(C(N)=O)CC3)cc2)n1. The Labute approximate surface area is 199 Å². The first-order chi connectivity index (χ1) is 16.4. The third-order valence-electron chi connectivity index (χ3n) is 6.32. The lowest BCUT2D eigenvalue weighted by Gasteiger charge is -2.30. The second kappa shape index (κ2) is 10.5. The van der Waals surface area contributed by atoms with Gasteiger partial charge in [-0.15, -0.1) is 0 Å². The van der Waals surface area contributed by atoms with Crippen LogP contribution in [-0.2, 0) is 11.2 Å². The molecule has 2 amide bonds. The molecule has 1 aliphatic rings. The van der Waals surface area contributed by atoms with Gasteiger partial charge in [0.05, 0.1) is 7.11 Å². The van der Waals surface area contributed by atoms with Crippen molar-refractivity contribution < 1.29 is 14.3 Å². The average molecular weight is 462 g/mol. The van der Waals surface area contributed by atoms with Gasteiger partial charge in [0, 0.05) is 24.3 Å². The summed E-state index contributed by atoms with van der Waals surface area (Å²) in [6, 6.07) is 15.4. The van der Waals surface area contributed by atoms with Crippen LogP contribution in [0.1, 0.15) is 34.5 Å². The summed E-state index contributed by atoms with van der Waals surface area (Å²) in [6.07, 6.45) is 4.35. The second-order valence-electron chi connectivity index (χ2n) is 8.74. The summed E-state index contributed by atoms with van der Waals surface area (Å²) in [4.78, 5) is 26.4. The highest BCUT2D eigenvalue weighted by Gasteiger charge is 2.22. The molecule has 0 saturated carbocycles. The Kier molecular flexibility index (Phi) is 7.27. The van der Waals surface area contributed by atoms with Crippen molar-refractivity contribution in [2.75, 3.05) is 32.1 Å². The molecule has 3 aromatic rings. The van der Waals surface area contributed by atoms with Crippen molar-refractivity contribution in [1.82, 2.24) is 14.7 Å². The number of rotatable bonds is 8. The third kappa shape index (κ3) is 5.63. The molecule has 1 aromatic heterocycles. The van der Waals surface area contributed by atoms with Gasteiger partial charge in [0.2, 0.25) is 5.91 Å². The van der Waals surface area contributed by atoms with E-state index in [1.165, 1.54) is 5.56 Å². The van der Waals surface area contributed by atoms with Crippen molar-refractivity contribution in [2.45, 2.75) is 26.2 Å². The summed E-state index contributed by atoms with van der Waals surface area (Å²) < 4.78 is 7.07. The van der Waals surface area contributed by atoms with Gasteiger partial charge in [-0.3, -0.25) is 9.59 Å². The number of nitrogens with zero attached hydrogens (tertiary/aromatic N) is 3. The summed E-state index contributed by atoms with van der Waals surface area (Å²) >= 11 is 0. The van der Waals surface area contributed by atoms with Gasteiger partial charge >= 0.3 is 0 Å². The average Bonchev–Trinajstić information content (AvgIpc) is 3.34. The summed E-state index contributed by atoms with van der Waals surface area (Å²) in [5.41, 5.74) is 9.52. The number of primary amides is 1. The number of aromatic nitrogens is 2.